The van der Waals surface area contributed by atoms with E-state index < -0.39 is 12.0 Å². The number of carbonyl (C=O) groups is 1. The smallest absolute Gasteiger partial charge is 0.326 e. The van der Waals surface area contributed by atoms with Crippen LogP contribution in [0.15, 0.2) is 12.1 Å². The van der Waals surface area contributed by atoms with E-state index in [-0.39, 0.29) is 5.92 Å². The number of halogens is 1. The summed E-state index contributed by atoms with van der Waals surface area (Å²) >= 11 is 5.64. The van der Waals surface area contributed by atoms with E-state index in [1.54, 1.807) is 17.0 Å². The number of rotatable bonds is 2. The van der Waals surface area contributed by atoms with Crippen molar-refractivity contribution in [1.29, 1.82) is 0 Å². The van der Waals surface area contributed by atoms with Crippen LogP contribution < -0.4 is 4.90 Å². The number of carboxylic acid groups (broad SMARTS) is 1. The highest BCUT2D eigenvalue weighted by Crippen LogP contribution is 2.28. The largest absolute Gasteiger partial charge is 0.480 e. The molecule has 2 heterocycles. The average molecular weight is 242 g/mol. The molecule has 0 saturated carbocycles. The minimum Gasteiger partial charge on any atom is -0.480 e. The van der Waals surface area contributed by atoms with Gasteiger partial charge in [-0.3, -0.25) is 0 Å². The lowest BCUT2D eigenvalue weighted by Crippen LogP contribution is -2.39. The Bertz CT molecular complexity index is 396. The Morgan fingerprint density at radius 1 is 1.56 bits per heavy atom. The third kappa shape index (κ3) is 1.95. The van der Waals surface area contributed by atoms with Gasteiger partial charge in [0.2, 0.25) is 0 Å². The van der Waals surface area contributed by atoms with Crippen LogP contribution in [0.2, 0.25) is 5.15 Å². The van der Waals surface area contributed by atoms with E-state index in [0.29, 0.717) is 17.5 Å². The lowest BCUT2D eigenvalue weighted by molar-refractivity contribution is -0.139. The van der Waals surface area contributed by atoms with Gasteiger partial charge in [-0.1, -0.05) is 18.5 Å². The molecule has 1 aromatic rings. The Hall–Kier alpha value is -1.36. The SMILES string of the molecule is CC1CCN(c2ccc(Cl)nn2)C1C(=O)O. The fraction of sp³-hybridized carbons (Fsp3) is 0.500. The number of aromatic nitrogens is 2. The number of hydrogen-bond donors (Lipinski definition) is 1. The van der Waals surface area contributed by atoms with Crippen molar-refractivity contribution in [2.24, 2.45) is 5.92 Å². The second-order valence-corrected chi connectivity index (χ2v) is 4.34. The third-order valence-electron chi connectivity index (χ3n) is 2.87. The molecular weight excluding hydrogens is 230 g/mol. The van der Waals surface area contributed by atoms with Gasteiger partial charge in [0, 0.05) is 6.54 Å². The molecule has 1 N–H and O–H groups in total. The predicted octanol–water partition coefficient (Wildman–Crippen LogP) is 1.43. The lowest BCUT2D eigenvalue weighted by Gasteiger charge is -2.23. The first-order valence-corrected chi connectivity index (χ1v) is 5.46. The van der Waals surface area contributed by atoms with Gasteiger partial charge in [-0.25, -0.2) is 4.79 Å². The molecule has 0 bridgehead atoms. The van der Waals surface area contributed by atoms with Crippen LogP contribution in [-0.4, -0.2) is 33.9 Å². The van der Waals surface area contributed by atoms with Crippen LogP contribution in [0, 0.1) is 5.92 Å². The molecule has 1 saturated heterocycles. The predicted molar refractivity (Wildman–Crippen MR) is 59.6 cm³/mol. The number of carboxylic acids is 1. The van der Waals surface area contributed by atoms with E-state index in [1.165, 1.54) is 0 Å². The van der Waals surface area contributed by atoms with Gasteiger partial charge in [0.15, 0.2) is 11.0 Å². The first kappa shape index (κ1) is 11.1. The normalized spacial score (nSPS) is 24.8. The zero-order valence-corrected chi connectivity index (χ0v) is 9.55. The van der Waals surface area contributed by atoms with Gasteiger partial charge in [-0.15, -0.1) is 10.2 Å². The monoisotopic (exact) mass is 241 g/mol. The van der Waals surface area contributed by atoms with Crippen LogP contribution in [0.5, 0.6) is 0 Å². The highest BCUT2D eigenvalue weighted by atomic mass is 35.5. The summed E-state index contributed by atoms with van der Waals surface area (Å²) in [5, 5.41) is 17.1. The standard InChI is InChI=1S/C10H12ClN3O2/c1-6-4-5-14(9(6)10(15)16)8-3-2-7(11)12-13-8/h2-3,6,9H,4-5H2,1H3,(H,15,16). The van der Waals surface area contributed by atoms with Crippen LogP contribution in [0.1, 0.15) is 13.3 Å². The molecule has 1 fully saturated rings. The topological polar surface area (TPSA) is 66.3 Å². The van der Waals surface area contributed by atoms with Crippen molar-refractivity contribution < 1.29 is 9.90 Å². The Morgan fingerprint density at radius 2 is 2.31 bits per heavy atom. The third-order valence-corrected chi connectivity index (χ3v) is 3.07. The maximum atomic E-state index is 11.1. The van der Waals surface area contributed by atoms with E-state index in [0.717, 1.165) is 6.42 Å². The van der Waals surface area contributed by atoms with Gasteiger partial charge in [0.1, 0.15) is 6.04 Å². The average Bonchev–Trinajstić information content (AvgIpc) is 2.61. The molecular formula is C10H12ClN3O2. The number of nitrogens with zero attached hydrogens (tertiary/aromatic N) is 3. The maximum absolute atomic E-state index is 11.1. The molecule has 2 atom stereocenters. The summed E-state index contributed by atoms with van der Waals surface area (Å²) in [6.45, 7) is 2.62. The van der Waals surface area contributed by atoms with Crippen molar-refractivity contribution in [3.8, 4) is 0 Å². The molecule has 0 aliphatic carbocycles. The summed E-state index contributed by atoms with van der Waals surface area (Å²) in [6.07, 6.45) is 0.848. The molecule has 2 unspecified atom stereocenters. The number of anilines is 1. The summed E-state index contributed by atoms with van der Waals surface area (Å²) in [5.74, 6) is -0.127. The minimum absolute atomic E-state index is 0.120. The molecule has 0 spiro atoms. The van der Waals surface area contributed by atoms with Crippen LogP contribution in [0.3, 0.4) is 0 Å². The van der Waals surface area contributed by atoms with Crippen LogP contribution in [0.4, 0.5) is 5.82 Å². The van der Waals surface area contributed by atoms with Gasteiger partial charge in [-0.05, 0) is 24.5 Å². The van der Waals surface area contributed by atoms with Crippen molar-refractivity contribution >= 4 is 23.4 Å². The van der Waals surface area contributed by atoms with Crippen molar-refractivity contribution in [3.63, 3.8) is 0 Å². The molecule has 0 radical (unpaired) electrons. The van der Waals surface area contributed by atoms with E-state index in [2.05, 4.69) is 10.2 Å². The minimum atomic E-state index is -0.818. The molecule has 5 nitrogen and oxygen atoms in total. The molecule has 16 heavy (non-hydrogen) atoms. The van der Waals surface area contributed by atoms with Crippen LogP contribution >= 0.6 is 11.6 Å². The van der Waals surface area contributed by atoms with Crippen molar-refractivity contribution in [1.82, 2.24) is 10.2 Å². The van der Waals surface area contributed by atoms with Crippen molar-refractivity contribution in [2.75, 3.05) is 11.4 Å². The summed E-state index contributed by atoms with van der Waals surface area (Å²) < 4.78 is 0. The Balaban J connectivity index is 2.26. The fourth-order valence-electron chi connectivity index (χ4n) is 2.04. The first-order valence-electron chi connectivity index (χ1n) is 5.08. The molecule has 0 amide bonds. The lowest BCUT2D eigenvalue weighted by atomic mass is 10.0. The van der Waals surface area contributed by atoms with E-state index in [1.807, 2.05) is 6.92 Å². The van der Waals surface area contributed by atoms with E-state index in [9.17, 15) is 4.79 Å². The first-order chi connectivity index (χ1) is 7.59. The maximum Gasteiger partial charge on any atom is 0.326 e. The van der Waals surface area contributed by atoms with Gasteiger partial charge in [0.25, 0.3) is 0 Å². The molecule has 2 rings (SSSR count). The van der Waals surface area contributed by atoms with Gasteiger partial charge in [0.05, 0.1) is 0 Å². The highest BCUT2D eigenvalue weighted by molar-refractivity contribution is 6.29. The van der Waals surface area contributed by atoms with Crippen molar-refractivity contribution in [3.05, 3.63) is 17.3 Å². The Labute approximate surface area is 98.0 Å². The fourth-order valence-corrected chi connectivity index (χ4v) is 2.14. The molecule has 6 heteroatoms. The molecule has 1 aromatic heterocycles. The van der Waals surface area contributed by atoms with Gasteiger partial charge >= 0.3 is 5.97 Å². The van der Waals surface area contributed by atoms with E-state index >= 15 is 0 Å². The quantitative estimate of drug-likeness (QED) is 0.849. The number of aliphatic carboxylic acids is 1. The second kappa shape index (κ2) is 4.25. The molecule has 86 valence electrons. The zero-order chi connectivity index (χ0) is 11.7. The summed E-state index contributed by atoms with van der Waals surface area (Å²) in [7, 11) is 0. The summed E-state index contributed by atoms with van der Waals surface area (Å²) in [5.41, 5.74) is 0. The summed E-state index contributed by atoms with van der Waals surface area (Å²) in [4.78, 5) is 12.9. The summed E-state index contributed by atoms with van der Waals surface area (Å²) in [6, 6.07) is 2.80. The zero-order valence-electron chi connectivity index (χ0n) is 8.80. The van der Waals surface area contributed by atoms with E-state index in [4.69, 9.17) is 16.7 Å². The Morgan fingerprint density at radius 3 is 2.88 bits per heavy atom. The second-order valence-electron chi connectivity index (χ2n) is 3.96. The van der Waals surface area contributed by atoms with Gasteiger partial charge in [-0.2, -0.15) is 0 Å². The molecule has 1 aliphatic rings. The number of hydrogen-bond acceptors (Lipinski definition) is 4. The molecule has 1 aliphatic heterocycles. The van der Waals surface area contributed by atoms with Crippen molar-refractivity contribution in [2.45, 2.75) is 19.4 Å². The van der Waals surface area contributed by atoms with Crippen LogP contribution in [0.25, 0.3) is 0 Å². The van der Waals surface area contributed by atoms with Gasteiger partial charge < -0.3 is 10.0 Å². The Kier molecular flexibility index (Phi) is 2.96. The molecule has 0 aromatic carbocycles. The van der Waals surface area contributed by atoms with Crippen LogP contribution in [-0.2, 0) is 4.79 Å². The highest BCUT2D eigenvalue weighted by Gasteiger charge is 2.37.